The van der Waals surface area contributed by atoms with Gasteiger partial charge in [-0.15, -0.1) is 0 Å². The number of ether oxygens (including phenoxy) is 1. The number of pyridine rings is 1. The van der Waals surface area contributed by atoms with Crippen molar-refractivity contribution in [2.45, 2.75) is 20.0 Å². The third-order valence-corrected chi connectivity index (χ3v) is 5.63. The van der Waals surface area contributed by atoms with Crippen molar-refractivity contribution in [2.24, 2.45) is 0 Å². The quantitative estimate of drug-likeness (QED) is 0.209. The lowest BCUT2D eigenvalue weighted by atomic mass is 10.1. The number of amides is 1. The van der Waals surface area contributed by atoms with E-state index in [1.54, 1.807) is 24.3 Å². The fourth-order valence-electron chi connectivity index (χ4n) is 3.47. The number of anilines is 1. The molecule has 0 saturated carbocycles. The highest BCUT2D eigenvalue weighted by Crippen LogP contribution is 2.30. The minimum Gasteiger partial charge on any atom is -0.453 e. The van der Waals surface area contributed by atoms with E-state index in [0.717, 1.165) is 31.3 Å². The van der Waals surface area contributed by atoms with Gasteiger partial charge < -0.3 is 25.8 Å². The van der Waals surface area contributed by atoms with E-state index in [1.165, 1.54) is 12.3 Å². The van der Waals surface area contributed by atoms with Gasteiger partial charge in [0.2, 0.25) is 0 Å². The van der Waals surface area contributed by atoms with E-state index in [9.17, 15) is 24.4 Å². The van der Waals surface area contributed by atoms with Gasteiger partial charge in [0.05, 0.1) is 17.1 Å². The molecule has 0 saturated heterocycles. The Hall–Kier alpha value is -4.53. The van der Waals surface area contributed by atoms with E-state index in [-0.39, 0.29) is 35.3 Å². The van der Waals surface area contributed by atoms with E-state index in [1.807, 2.05) is 13.8 Å². The van der Waals surface area contributed by atoms with E-state index in [4.69, 9.17) is 10.5 Å². The SMILES string of the molecule is CCN(CC)CC(O)CNC(=O)c1ccc(C#Cc2c(Oc3ccc([N+](=O)[O-])cc3F)ccnc2N)cc1. The molecule has 4 N–H and O–H groups in total. The second-order valence-electron chi connectivity index (χ2n) is 8.22. The average Bonchev–Trinajstić information content (AvgIpc) is 2.91. The van der Waals surface area contributed by atoms with Gasteiger partial charge in [0.15, 0.2) is 11.6 Å². The number of likely N-dealkylation sites (N-methyl/N-ethyl adjacent to an activating group) is 1. The van der Waals surface area contributed by atoms with Crippen LogP contribution >= 0.6 is 0 Å². The molecule has 1 atom stereocenters. The number of nitrogen functional groups attached to an aromatic ring is 1. The number of benzene rings is 2. The fraction of sp³-hybridized carbons (Fsp3) is 0.259. The van der Waals surface area contributed by atoms with Crippen molar-refractivity contribution in [2.75, 3.05) is 31.9 Å². The van der Waals surface area contributed by atoms with Gasteiger partial charge in [0, 0.05) is 42.5 Å². The zero-order valence-electron chi connectivity index (χ0n) is 21.0. The number of rotatable bonds is 10. The van der Waals surface area contributed by atoms with Crippen LogP contribution in [-0.2, 0) is 0 Å². The van der Waals surface area contributed by atoms with Gasteiger partial charge in [-0.2, -0.15) is 0 Å². The molecule has 1 unspecified atom stereocenters. The fourth-order valence-corrected chi connectivity index (χ4v) is 3.47. The molecule has 11 heteroatoms. The normalized spacial score (nSPS) is 11.4. The number of carbonyl (C=O) groups excluding carboxylic acids is 1. The summed E-state index contributed by atoms with van der Waals surface area (Å²) < 4.78 is 19.9. The molecule has 1 amide bonds. The lowest BCUT2D eigenvalue weighted by Gasteiger charge is -2.22. The summed E-state index contributed by atoms with van der Waals surface area (Å²) in [5, 5.41) is 23.7. The molecule has 0 bridgehead atoms. The number of nitro benzene ring substituents is 1. The van der Waals surface area contributed by atoms with Crippen LogP contribution in [0, 0.1) is 27.8 Å². The molecule has 10 nitrogen and oxygen atoms in total. The minimum atomic E-state index is -0.914. The van der Waals surface area contributed by atoms with Crippen LogP contribution in [-0.4, -0.2) is 58.1 Å². The van der Waals surface area contributed by atoms with Crippen LogP contribution in [0.5, 0.6) is 11.5 Å². The second kappa shape index (κ2) is 13.1. The summed E-state index contributed by atoms with van der Waals surface area (Å²) >= 11 is 0. The van der Waals surface area contributed by atoms with Crippen LogP contribution in [0.3, 0.4) is 0 Å². The first-order chi connectivity index (χ1) is 18.2. The third kappa shape index (κ3) is 7.49. The molecule has 2 aromatic carbocycles. The number of halogens is 1. The molecular formula is C27H28FN5O5. The van der Waals surface area contributed by atoms with Crippen molar-refractivity contribution in [3.05, 3.63) is 87.3 Å². The molecule has 0 spiro atoms. The van der Waals surface area contributed by atoms with Crippen LogP contribution in [0.25, 0.3) is 0 Å². The number of nitrogens with zero attached hydrogens (tertiary/aromatic N) is 3. The predicted molar refractivity (Wildman–Crippen MR) is 140 cm³/mol. The van der Waals surface area contributed by atoms with Gasteiger partial charge in [-0.05, 0) is 43.4 Å². The predicted octanol–water partition coefficient (Wildman–Crippen LogP) is 3.34. The summed E-state index contributed by atoms with van der Waals surface area (Å²) in [4.78, 5) is 28.6. The van der Waals surface area contributed by atoms with Crippen LogP contribution in [0.4, 0.5) is 15.9 Å². The first-order valence-electron chi connectivity index (χ1n) is 11.9. The molecule has 0 aliphatic heterocycles. The zero-order valence-corrected chi connectivity index (χ0v) is 21.0. The van der Waals surface area contributed by atoms with E-state index in [2.05, 4.69) is 27.0 Å². The maximum atomic E-state index is 14.3. The Labute approximate surface area is 219 Å². The van der Waals surface area contributed by atoms with Crippen LogP contribution in [0.2, 0.25) is 0 Å². The van der Waals surface area contributed by atoms with Crippen molar-refractivity contribution in [3.63, 3.8) is 0 Å². The van der Waals surface area contributed by atoms with Crippen molar-refractivity contribution in [3.8, 4) is 23.3 Å². The number of nitrogens with one attached hydrogen (secondary N) is 1. The Bertz CT molecular complexity index is 1350. The number of aliphatic hydroxyl groups is 1. The van der Waals surface area contributed by atoms with Gasteiger partial charge in [0.25, 0.3) is 11.6 Å². The number of aromatic nitrogens is 1. The maximum Gasteiger partial charge on any atom is 0.272 e. The van der Waals surface area contributed by atoms with Gasteiger partial charge >= 0.3 is 0 Å². The number of carbonyl (C=O) groups is 1. The largest absolute Gasteiger partial charge is 0.453 e. The van der Waals surface area contributed by atoms with Crippen molar-refractivity contribution >= 4 is 17.4 Å². The Kier molecular flexibility index (Phi) is 9.70. The number of hydrogen-bond acceptors (Lipinski definition) is 8. The van der Waals surface area contributed by atoms with Gasteiger partial charge in [-0.25, -0.2) is 9.37 Å². The highest BCUT2D eigenvalue weighted by molar-refractivity contribution is 5.94. The maximum absolute atomic E-state index is 14.3. The standard InChI is InChI=1S/C27H28FN5O5/c1-3-32(4-2)17-21(34)16-31-27(35)19-8-5-18(6-9-19)7-11-22-24(13-14-30-26(22)29)38-25-12-10-20(33(36)37)15-23(25)28/h5-6,8-10,12-15,21,34H,3-4,16-17H2,1-2H3,(H2,29,30)(H,31,35). The summed E-state index contributed by atoms with van der Waals surface area (Å²) in [5.41, 5.74) is 6.73. The third-order valence-electron chi connectivity index (χ3n) is 5.63. The zero-order chi connectivity index (χ0) is 27.7. The molecule has 0 aliphatic carbocycles. The molecule has 0 aliphatic rings. The lowest BCUT2D eigenvalue weighted by molar-refractivity contribution is -0.385. The smallest absolute Gasteiger partial charge is 0.272 e. The molecule has 3 aromatic rings. The molecule has 0 fully saturated rings. The Morgan fingerprint density at radius 2 is 1.89 bits per heavy atom. The van der Waals surface area contributed by atoms with Gasteiger partial charge in [-0.3, -0.25) is 14.9 Å². The highest BCUT2D eigenvalue weighted by atomic mass is 19.1. The Morgan fingerprint density at radius 3 is 2.53 bits per heavy atom. The van der Waals surface area contributed by atoms with E-state index >= 15 is 0 Å². The summed E-state index contributed by atoms with van der Waals surface area (Å²) in [7, 11) is 0. The molecule has 0 radical (unpaired) electrons. The summed E-state index contributed by atoms with van der Waals surface area (Å²) in [5.74, 6) is 4.47. The van der Waals surface area contributed by atoms with Gasteiger partial charge in [-0.1, -0.05) is 25.7 Å². The summed E-state index contributed by atoms with van der Waals surface area (Å²) in [6, 6.07) is 11.0. The van der Waals surface area contributed by atoms with E-state index in [0.29, 0.717) is 17.7 Å². The molecule has 38 heavy (non-hydrogen) atoms. The number of non-ortho nitro benzene ring substituents is 1. The lowest BCUT2D eigenvalue weighted by Crippen LogP contribution is -2.40. The molecule has 1 aromatic heterocycles. The number of hydrogen-bond donors (Lipinski definition) is 3. The number of aliphatic hydroxyl groups excluding tert-OH is 1. The van der Waals surface area contributed by atoms with Crippen molar-refractivity contribution in [1.29, 1.82) is 0 Å². The average molecular weight is 522 g/mol. The Morgan fingerprint density at radius 1 is 1.18 bits per heavy atom. The minimum absolute atomic E-state index is 0.0524. The van der Waals surface area contributed by atoms with Crippen LogP contribution in [0.1, 0.15) is 35.3 Å². The number of nitro groups is 1. The van der Waals surface area contributed by atoms with Crippen molar-refractivity contribution < 1.29 is 24.0 Å². The monoisotopic (exact) mass is 521 g/mol. The molecule has 3 rings (SSSR count). The van der Waals surface area contributed by atoms with Crippen LogP contribution < -0.4 is 15.8 Å². The molecular weight excluding hydrogens is 493 g/mol. The molecule has 1 heterocycles. The summed E-state index contributed by atoms with van der Waals surface area (Å²) in [6.45, 7) is 6.26. The number of nitrogens with two attached hydrogens (primary N) is 1. The summed E-state index contributed by atoms with van der Waals surface area (Å²) in [6.07, 6.45) is 0.690. The topological polar surface area (TPSA) is 144 Å². The van der Waals surface area contributed by atoms with Crippen molar-refractivity contribution in [1.82, 2.24) is 15.2 Å². The van der Waals surface area contributed by atoms with Gasteiger partial charge in [0.1, 0.15) is 17.1 Å². The Balaban J connectivity index is 1.70. The van der Waals surface area contributed by atoms with Crippen LogP contribution in [0.15, 0.2) is 54.7 Å². The first-order valence-corrected chi connectivity index (χ1v) is 11.9. The molecule has 198 valence electrons. The van der Waals surface area contributed by atoms with E-state index < -0.39 is 22.5 Å². The highest BCUT2D eigenvalue weighted by Gasteiger charge is 2.15. The second-order valence-corrected chi connectivity index (χ2v) is 8.22. The first kappa shape index (κ1) is 28.0.